The van der Waals surface area contributed by atoms with Gasteiger partial charge in [0.05, 0.1) is 5.56 Å². The molecule has 0 radical (unpaired) electrons. The number of carbonyl (C=O) groups is 1. The van der Waals surface area contributed by atoms with Gasteiger partial charge < -0.3 is 16.0 Å². The quantitative estimate of drug-likeness (QED) is 0.821. The molecule has 0 aromatic heterocycles. The van der Waals surface area contributed by atoms with E-state index in [1.54, 1.807) is 6.07 Å². The number of nitrogen functional groups attached to an aromatic ring is 1. The van der Waals surface area contributed by atoms with Crippen LogP contribution in [0.25, 0.3) is 0 Å². The number of nitrogens with zero attached hydrogens (tertiary/aromatic N) is 1. The average Bonchev–Trinajstić information content (AvgIpc) is 2.39. The standard InChI is InChI=1S/C17H25N3O/c1-11-5-3-8-15(18)16(11)17(21)19-12-9-13-6-4-7-14(10-12)20(13)2/h3,5,8,12-14H,4,6-7,9-10,18H2,1-2H3,(H,19,21). The molecule has 2 bridgehead atoms. The number of fused-ring (bicyclic) bond motifs is 2. The summed E-state index contributed by atoms with van der Waals surface area (Å²) >= 11 is 0. The maximum absolute atomic E-state index is 12.6. The highest BCUT2D eigenvalue weighted by atomic mass is 16.1. The van der Waals surface area contributed by atoms with Crippen molar-refractivity contribution in [2.45, 2.75) is 57.2 Å². The molecule has 0 spiro atoms. The fourth-order valence-corrected chi connectivity index (χ4v) is 3.99. The van der Waals surface area contributed by atoms with Crippen molar-refractivity contribution in [1.29, 1.82) is 0 Å². The number of nitrogens with two attached hydrogens (primary N) is 1. The van der Waals surface area contributed by atoms with Crippen molar-refractivity contribution in [2.75, 3.05) is 12.8 Å². The van der Waals surface area contributed by atoms with Crippen LogP contribution in [0.1, 0.15) is 48.0 Å². The minimum Gasteiger partial charge on any atom is -0.398 e. The number of amides is 1. The maximum Gasteiger partial charge on any atom is 0.253 e. The third-order valence-electron chi connectivity index (χ3n) is 5.21. The fraction of sp³-hybridized carbons (Fsp3) is 0.588. The first-order valence-electron chi connectivity index (χ1n) is 7.94. The molecule has 2 saturated heterocycles. The number of hydrogen-bond donors (Lipinski definition) is 2. The van der Waals surface area contributed by atoms with Crippen molar-refractivity contribution < 1.29 is 4.79 Å². The van der Waals surface area contributed by atoms with E-state index in [0.29, 0.717) is 23.3 Å². The largest absolute Gasteiger partial charge is 0.398 e. The molecule has 3 rings (SSSR count). The molecule has 2 unspecified atom stereocenters. The number of anilines is 1. The van der Waals surface area contributed by atoms with E-state index in [0.717, 1.165) is 18.4 Å². The Bertz CT molecular complexity index is 509. The van der Waals surface area contributed by atoms with Gasteiger partial charge in [-0.15, -0.1) is 0 Å². The Morgan fingerprint density at radius 1 is 1.29 bits per heavy atom. The van der Waals surface area contributed by atoms with Gasteiger partial charge in [0.15, 0.2) is 0 Å². The first-order valence-corrected chi connectivity index (χ1v) is 7.94. The van der Waals surface area contributed by atoms with E-state index in [9.17, 15) is 4.79 Å². The summed E-state index contributed by atoms with van der Waals surface area (Å²) < 4.78 is 0. The molecule has 21 heavy (non-hydrogen) atoms. The first kappa shape index (κ1) is 14.4. The molecule has 2 fully saturated rings. The van der Waals surface area contributed by atoms with Crippen molar-refractivity contribution in [3.8, 4) is 0 Å². The Hall–Kier alpha value is -1.55. The number of aryl methyl sites for hydroxylation is 1. The summed E-state index contributed by atoms with van der Waals surface area (Å²) in [7, 11) is 2.23. The van der Waals surface area contributed by atoms with Gasteiger partial charge in [-0.3, -0.25) is 4.79 Å². The Morgan fingerprint density at radius 3 is 2.57 bits per heavy atom. The predicted octanol–water partition coefficient (Wildman–Crippen LogP) is 2.32. The summed E-state index contributed by atoms with van der Waals surface area (Å²) in [6, 6.07) is 7.15. The van der Waals surface area contributed by atoms with Gasteiger partial charge in [0.2, 0.25) is 0 Å². The molecule has 1 aromatic carbocycles. The smallest absolute Gasteiger partial charge is 0.253 e. The molecular weight excluding hydrogens is 262 g/mol. The van der Waals surface area contributed by atoms with E-state index in [2.05, 4.69) is 17.3 Å². The average molecular weight is 287 g/mol. The lowest BCUT2D eigenvalue weighted by Gasteiger charge is -2.47. The van der Waals surface area contributed by atoms with Crippen LogP contribution in [-0.4, -0.2) is 36.0 Å². The van der Waals surface area contributed by atoms with Crippen LogP contribution >= 0.6 is 0 Å². The van der Waals surface area contributed by atoms with E-state index in [1.165, 1.54) is 19.3 Å². The van der Waals surface area contributed by atoms with Crippen molar-refractivity contribution >= 4 is 11.6 Å². The summed E-state index contributed by atoms with van der Waals surface area (Å²) in [4.78, 5) is 15.1. The number of rotatable bonds is 2. The summed E-state index contributed by atoms with van der Waals surface area (Å²) in [5.74, 6) is -0.0155. The van der Waals surface area contributed by atoms with E-state index >= 15 is 0 Å². The molecule has 4 heteroatoms. The van der Waals surface area contributed by atoms with Crippen LogP contribution in [-0.2, 0) is 0 Å². The Kier molecular flexibility index (Phi) is 3.89. The molecule has 2 atom stereocenters. The monoisotopic (exact) mass is 287 g/mol. The predicted molar refractivity (Wildman–Crippen MR) is 85.3 cm³/mol. The Morgan fingerprint density at radius 2 is 1.95 bits per heavy atom. The van der Waals surface area contributed by atoms with Gasteiger partial charge in [0.25, 0.3) is 5.91 Å². The first-order chi connectivity index (χ1) is 10.1. The lowest BCUT2D eigenvalue weighted by molar-refractivity contribution is 0.0463. The molecule has 4 nitrogen and oxygen atoms in total. The normalized spacial score (nSPS) is 29.1. The molecule has 3 N–H and O–H groups in total. The highest BCUT2D eigenvalue weighted by Gasteiger charge is 2.36. The lowest BCUT2D eigenvalue weighted by atomic mass is 9.82. The van der Waals surface area contributed by atoms with E-state index in [4.69, 9.17) is 5.73 Å². The van der Waals surface area contributed by atoms with Crippen molar-refractivity contribution in [3.05, 3.63) is 29.3 Å². The van der Waals surface area contributed by atoms with Crippen LogP contribution in [0.2, 0.25) is 0 Å². The molecule has 2 aliphatic heterocycles. The van der Waals surface area contributed by atoms with Crippen LogP contribution in [0.3, 0.4) is 0 Å². The molecular formula is C17H25N3O. The second-order valence-corrected chi connectivity index (χ2v) is 6.58. The van der Waals surface area contributed by atoms with Gasteiger partial charge in [-0.05, 0) is 51.3 Å². The van der Waals surface area contributed by atoms with Gasteiger partial charge in [0.1, 0.15) is 0 Å². The molecule has 2 heterocycles. The van der Waals surface area contributed by atoms with Crippen LogP contribution in [0.4, 0.5) is 5.69 Å². The van der Waals surface area contributed by atoms with Gasteiger partial charge in [-0.1, -0.05) is 18.6 Å². The van der Waals surface area contributed by atoms with Gasteiger partial charge in [-0.25, -0.2) is 0 Å². The second-order valence-electron chi connectivity index (χ2n) is 6.58. The highest BCUT2D eigenvalue weighted by molar-refractivity contribution is 6.00. The summed E-state index contributed by atoms with van der Waals surface area (Å²) in [6.45, 7) is 1.94. The minimum absolute atomic E-state index is 0.0155. The maximum atomic E-state index is 12.6. The molecule has 0 saturated carbocycles. The van der Waals surface area contributed by atoms with Gasteiger partial charge in [-0.2, -0.15) is 0 Å². The summed E-state index contributed by atoms with van der Waals surface area (Å²) in [5, 5.41) is 3.22. The number of nitrogens with one attached hydrogen (secondary N) is 1. The number of piperidine rings is 2. The zero-order valence-electron chi connectivity index (χ0n) is 12.9. The van der Waals surface area contributed by atoms with Crippen molar-refractivity contribution in [3.63, 3.8) is 0 Å². The van der Waals surface area contributed by atoms with E-state index < -0.39 is 0 Å². The second kappa shape index (κ2) is 5.68. The zero-order chi connectivity index (χ0) is 15.0. The Labute approximate surface area is 126 Å². The van der Waals surface area contributed by atoms with Crippen LogP contribution in [0, 0.1) is 6.92 Å². The van der Waals surface area contributed by atoms with E-state index in [-0.39, 0.29) is 11.9 Å². The molecule has 1 aromatic rings. The van der Waals surface area contributed by atoms with Gasteiger partial charge in [0, 0.05) is 23.8 Å². The number of hydrogen-bond acceptors (Lipinski definition) is 3. The van der Waals surface area contributed by atoms with Crippen LogP contribution < -0.4 is 11.1 Å². The van der Waals surface area contributed by atoms with Crippen molar-refractivity contribution in [2.24, 2.45) is 0 Å². The van der Waals surface area contributed by atoms with Crippen molar-refractivity contribution in [1.82, 2.24) is 10.2 Å². The number of benzene rings is 1. The van der Waals surface area contributed by atoms with Crippen LogP contribution in [0.5, 0.6) is 0 Å². The van der Waals surface area contributed by atoms with Gasteiger partial charge >= 0.3 is 0 Å². The van der Waals surface area contributed by atoms with E-state index in [1.807, 2.05) is 19.1 Å². The molecule has 2 aliphatic rings. The highest BCUT2D eigenvalue weighted by Crippen LogP contribution is 2.32. The summed E-state index contributed by atoms with van der Waals surface area (Å²) in [6.07, 6.45) is 5.96. The minimum atomic E-state index is -0.0155. The summed E-state index contributed by atoms with van der Waals surface area (Å²) in [5.41, 5.74) is 8.13. The third kappa shape index (κ3) is 2.77. The Balaban J connectivity index is 1.71. The fourth-order valence-electron chi connectivity index (χ4n) is 3.99. The molecule has 0 aliphatic carbocycles. The van der Waals surface area contributed by atoms with Crippen LogP contribution in [0.15, 0.2) is 18.2 Å². The SMILES string of the molecule is Cc1cccc(N)c1C(=O)NC1CC2CCCC(C1)N2C. The molecule has 114 valence electrons. The third-order valence-corrected chi connectivity index (χ3v) is 5.21. The lowest BCUT2D eigenvalue weighted by Crippen LogP contribution is -2.55. The number of carbonyl (C=O) groups excluding carboxylic acids is 1. The molecule has 1 amide bonds. The zero-order valence-corrected chi connectivity index (χ0v) is 12.9. The topological polar surface area (TPSA) is 58.4 Å².